The molecular weight excluding hydrogens is 308 g/mol. The molecule has 0 bridgehead atoms. The van der Waals surface area contributed by atoms with Crippen LogP contribution in [0.25, 0.3) is 0 Å². The van der Waals surface area contributed by atoms with Crippen LogP contribution in [-0.2, 0) is 18.4 Å². The smallest absolute Gasteiger partial charge is 0.319 e. The fourth-order valence-corrected chi connectivity index (χ4v) is 3.72. The maximum absolute atomic E-state index is 12.5. The molecule has 3 rings (SSSR count). The van der Waals surface area contributed by atoms with Gasteiger partial charge < -0.3 is 15.1 Å². The zero-order chi connectivity index (χ0) is 17.3. The van der Waals surface area contributed by atoms with Gasteiger partial charge in [-0.25, -0.2) is 4.79 Å². The molecule has 132 valence electrons. The van der Waals surface area contributed by atoms with Crippen molar-refractivity contribution < 1.29 is 9.59 Å². The number of aromatic nitrogens is 2. The summed E-state index contributed by atoms with van der Waals surface area (Å²) in [6.07, 6.45) is 4.37. The summed E-state index contributed by atoms with van der Waals surface area (Å²) >= 11 is 0. The molecule has 1 spiro atoms. The van der Waals surface area contributed by atoms with Crippen LogP contribution in [-0.4, -0.2) is 83.2 Å². The third-order valence-corrected chi connectivity index (χ3v) is 4.79. The maximum atomic E-state index is 12.5. The second-order valence-corrected chi connectivity index (χ2v) is 7.28. The fraction of sp³-hybridized carbons (Fsp3) is 0.688. The first-order chi connectivity index (χ1) is 11.4. The van der Waals surface area contributed by atoms with E-state index in [4.69, 9.17) is 0 Å². The Hall–Kier alpha value is -2.09. The second-order valence-electron chi connectivity index (χ2n) is 7.28. The number of carbonyl (C=O) groups is 2. The first kappa shape index (κ1) is 16.8. The molecule has 0 aromatic carbocycles. The summed E-state index contributed by atoms with van der Waals surface area (Å²) in [7, 11) is 5.45. The molecule has 0 unspecified atom stereocenters. The van der Waals surface area contributed by atoms with Crippen LogP contribution < -0.4 is 5.32 Å². The van der Waals surface area contributed by atoms with Crippen molar-refractivity contribution in [1.82, 2.24) is 29.8 Å². The van der Waals surface area contributed by atoms with Gasteiger partial charge in [-0.05, 0) is 0 Å². The molecule has 3 heterocycles. The second kappa shape index (κ2) is 6.43. The SMILES string of the molecule is CN(C)C(=O)N1CCN(Cc2cnn(C)c2)C[C@]2(CNC(=O)C2)C1. The summed E-state index contributed by atoms with van der Waals surface area (Å²) in [5.74, 6) is 0.0791. The van der Waals surface area contributed by atoms with Gasteiger partial charge in [-0.3, -0.25) is 14.4 Å². The number of hydrogen-bond donors (Lipinski definition) is 1. The maximum Gasteiger partial charge on any atom is 0.319 e. The van der Waals surface area contributed by atoms with Crippen LogP contribution in [0.2, 0.25) is 0 Å². The molecule has 2 fully saturated rings. The summed E-state index contributed by atoms with van der Waals surface area (Å²) in [6.45, 7) is 4.31. The van der Waals surface area contributed by atoms with E-state index in [0.29, 0.717) is 26.1 Å². The molecule has 0 radical (unpaired) electrons. The van der Waals surface area contributed by atoms with Gasteiger partial charge in [0, 0.05) is 84.0 Å². The van der Waals surface area contributed by atoms with Gasteiger partial charge in [0.1, 0.15) is 0 Å². The largest absolute Gasteiger partial charge is 0.355 e. The molecular formula is C16H26N6O2. The van der Waals surface area contributed by atoms with Crippen LogP contribution in [0.4, 0.5) is 4.79 Å². The van der Waals surface area contributed by atoms with Gasteiger partial charge in [-0.15, -0.1) is 0 Å². The lowest BCUT2D eigenvalue weighted by Gasteiger charge is -2.33. The van der Waals surface area contributed by atoms with Crippen molar-refractivity contribution in [3.63, 3.8) is 0 Å². The van der Waals surface area contributed by atoms with Crippen molar-refractivity contribution in [2.24, 2.45) is 12.5 Å². The van der Waals surface area contributed by atoms with E-state index in [1.807, 2.05) is 24.3 Å². The third-order valence-electron chi connectivity index (χ3n) is 4.79. The van der Waals surface area contributed by atoms with Gasteiger partial charge in [0.2, 0.25) is 5.91 Å². The van der Waals surface area contributed by atoms with E-state index < -0.39 is 0 Å². The van der Waals surface area contributed by atoms with Crippen LogP contribution in [0, 0.1) is 5.41 Å². The quantitative estimate of drug-likeness (QED) is 0.808. The minimum Gasteiger partial charge on any atom is -0.355 e. The molecule has 0 saturated carbocycles. The number of nitrogens with one attached hydrogen (secondary N) is 1. The Morgan fingerprint density at radius 1 is 1.38 bits per heavy atom. The van der Waals surface area contributed by atoms with Gasteiger partial charge in [0.05, 0.1) is 6.20 Å². The van der Waals surface area contributed by atoms with Gasteiger partial charge in [0.15, 0.2) is 0 Å². The molecule has 8 nitrogen and oxygen atoms in total. The standard InChI is InChI=1S/C16H26N6O2/c1-19(2)15(24)22-5-4-21(9-13-7-18-20(3)8-13)11-16(12-22)6-14(23)17-10-16/h7-8H,4-6,9-12H2,1-3H3,(H,17,23)/t16-/m0/s1. The van der Waals surface area contributed by atoms with Crippen molar-refractivity contribution in [3.8, 4) is 0 Å². The fourth-order valence-electron chi connectivity index (χ4n) is 3.72. The Kier molecular flexibility index (Phi) is 4.49. The molecule has 3 amide bonds. The predicted molar refractivity (Wildman–Crippen MR) is 89.2 cm³/mol. The van der Waals surface area contributed by atoms with Crippen LogP contribution in [0.1, 0.15) is 12.0 Å². The van der Waals surface area contributed by atoms with Crippen molar-refractivity contribution in [1.29, 1.82) is 0 Å². The number of rotatable bonds is 2. The molecule has 2 aliphatic rings. The number of amides is 3. The number of carbonyl (C=O) groups excluding carboxylic acids is 2. The molecule has 1 atom stereocenters. The van der Waals surface area contributed by atoms with E-state index >= 15 is 0 Å². The molecule has 24 heavy (non-hydrogen) atoms. The predicted octanol–water partition coefficient (Wildman–Crippen LogP) is -0.274. The summed E-state index contributed by atoms with van der Waals surface area (Å²) in [5, 5.41) is 7.18. The van der Waals surface area contributed by atoms with E-state index in [1.165, 1.54) is 0 Å². The first-order valence-electron chi connectivity index (χ1n) is 8.30. The molecule has 8 heteroatoms. The number of nitrogens with zero attached hydrogens (tertiary/aromatic N) is 5. The Morgan fingerprint density at radius 3 is 2.75 bits per heavy atom. The van der Waals surface area contributed by atoms with Crippen molar-refractivity contribution in [3.05, 3.63) is 18.0 Å². The van der Waals surface area contributed by atoms with E-state index in [9.17, 15) is 9.59 Å². The minimum absolute atomic E-state index is 0.0111. The van der Waals surface area contributed by atoms with E-state index in [0.717, 1.165) is 25.2 Å². The third kappa shape index (κ3) is 3.53. The highest BCUT2D eigenvalue weighted by Gasteiger charge is 2.44. The summed E-state index contributed by atoms with van der Waals surface area (Å²) in [5.41, 5.74) is 0.943. The molecule has 1 aromatic rings. The first-order valence-corrected chi connectivity index (χ1v) is 8.30. The van der Waals surface area contributed by atoms with Crippen LogP contribution >= 0.6 is 0 Å². The molecule has 0 aliphatic carbocycles. The Morgan fingerprint density at radius 2 is 2.17 bits per heavy atom. The van der Waals surface area contributed by atoms with E-state index in [-0.39, 0.29) is 17.4 Å². The number of urea groups is 1. The Bertz CT molecular complexity index is 628. The lowest BCUT2D eigenvalue weighted by Crippen LogP contribution is -2.47. The molecule has 1 aromatic heterocycles. The normalized spacial score (nSPS) is 25.0. The summed E-state index contributed by atoms with van der Waals surface area (Å²) < 4.78 is 1.80. The van der Waals surface area contributed by atoms with Crippen molar-refractivity contribution in [2.75, 3.05) is 46.8 Å². The van der Waals surface area contributed by atoms with Crippen molar-refractivity contribution in [2.45, 2.75) is 13.0 Å². The lowest BCUT2D eigenvalue weighted by atomic mass is 9.86. The lowest BCUT2D eigenvalue weighted by molar-refractivity contribution is -0.119. The Balaban J connectivity index is 1.78. The molecule has 2 aliphatic heterocycles. The highest BCUT2D eigenvalue weighted by molar-refractivity contribution is 5.80. The zero-order valence-electron chi connectivity index (χ0n) is 14.7. The summed E-state index contributed by atoms with van der Waals surface area (Å²) in [6, 6.07) is 0.0111. The zero-order valence-corrected chi connectivity index (χ0v) is 14.7. The van der Waals surface area contributed by atoms with Crippen molar-refractivity contribution >= 4 is 11.9 Å². The topological polar surface area (TPSA) is 73.7 Å². The van der Waals surface area contributed by atoms with Gasteiger partial charge in [-0.2, -0.15) is 5.10 Å². The highest BCUT2D eigenvalue weighted by Crippen LogP contribution is 2.31. The van der Waals surface area contributed by atoms with Gasteiger partial charge >= 0.3 is 6.03 Å². The summed E-state index contributed by atoms with van der Waals surface area (Å²) in [4.78, 5) is 30.1. The van der Waals surface area contributed by atoms with E-state index in [2.05, 4.69) is 15.3 Å². The van der Waals surface area contributed by atoms with Crippen LogP contribution in [0.3, 0.4) is 0 Å². The van der Waals surface area contributed by atoms with Gasteiger partial charge in [-0.1, -0.05) is 0 Å². The average Bonchev–Trinajstić information content (AvgIpc) is 3.02. The Labute approximate surface area is 142 Å². The average molecular weight is 334 g/mol. The monoisotopic (exact) mass is 334 g/mol. The van der Waals surface area contributed by atoms with Gasteiger partial charge in [0.25, 0.3) is 0 Å². The van der Waals surface area contributed by atoms with Crippen LogP contribution in [0.5, 0.6) is 0 Å². The highest BCUT2D eigenvalue weighted by atomic mass is 16.2. The minimum atomic E-state index is -0.207. The van der Waals surface area contributed by atoms with Crippen LogP contribution in [0.15, 0.2) is 12.4 Å². The number of hydrogen-bond acceptors (Lipinski definition) is 4. The molecule has 2 saturated heterocycles. The molecule has 1 N–H and O–H groups in total. The number of aryl methyl sites for hydroxylation is 1. The van der Waals surface area contributed by atoms with E-state index in [1.54, 1.807) is 23.7 Å².